The van der Waals surface area contributed by atoms with Crippen LogP contribution in [0.3, 0.4) is 0 Å². The van der Waals surface area contributed by atoms with Crippen molar-refractivity contribution in [1.29, 1.82) is 0 Å². The number of rotatable bonds is 2. The van der Waals surface area contributed by atoms with E-state index in [0.717, 1.165) is 0 Å². The second-order valence-electron chi connectivity index (χ2n) is 6.28. The maximum absolute atomic E-state index is 13.5. The molecule has 1 aliphatic rings. The number of benzene rings is 1. The largest absolute Gasteiger partial charge is 0.618 e. The molecule has 8 nitrogen and oxygen atoms in total. The van der Waals surface area contributed by atoms with Crippen molar-refractivity contribution in [3.05, 3.63) is 47.1 Å². The lowest BCUT2D eigenvalue weighted by Crippen LogP contribution is -2.32. The third kappa shape index (κ3) is 1.89. The molecule has 1 N–H and O–H groups in total. The molecule has 1 fully saturated rings. The van der Waals surface area contributed by atoms with Gasteiger partial charge in [0.2, 0.25) is 17.0 Å². The van der Waals surface area contributed by atoms with E-state index in [1.165, 1.54) is 24.5 Å². The van der Waals surface area contributed by atoms with Gasteiger partial charge < -0.3 is 14.8 Å². The van der Waals surface area contributed by atoms with Crippen LogP contribution in [0.15, 0.2) is 29.0 Å². The number of aromatic nitrogens is 5. The summed E-state index contributed by atoms with van der Waals surface area (Å²) in [7, 11) is 0. The molecule has 25 heavy (non-hydrogen) atoms. The highest BCUT2D eigenvalue weighted by Gasteiger charge is 2.47. The fraction of sp³-hybridized carbons (Fsp3) is 0.250. The van der Waals surface area contributed by atoms with Crippen LogP contribution in [0.2, 0.25) is 0 Å². The molecule has 0 atom stereocenters. The molecule has 9 heteroatoms. The molecular weight excluding hydrogens is 329 g/mol. The van der Waals surface area contributed by atoms with Gasteiger partial charge in [0.1, 0.15) is 28.8 Å². The van der Waals surface area contributed by atoms with Crippen molar-refractivity contribution < 1.29 is 18.8 Å². The minimum Gasteiger partial charge on any atom is -0.618 e. The molecule has 0 aliphatic heterocycles. The first-order valence-corrected chi connectivity index (χ1v) is 7.73. The minimum absolute atomic E-state index is 0.127. The Morgan fingerprint density at radius 2 is 2.20 bits per heavy atom. The molecule has 0 saturated heterocycles. The summed E-state index contributed by atoms with van der Waals surface area (Å²) in [6, 6.07) is 3.98. The van der Waals surface area contributed by atoms with E-state index in [2.05, 4.69) is 15.1 Å². The quantitative estimate of drug-likeness (QED) is 0.439. The zero-order valence-corrected chi connectivity index (χ0v) is 13.1. The Bertz CT molecular complexity index is 1160. The minimum atomic E-state index is -1.02. The van der Waals surface area contributed by atoms with Crippen molar-refractivity contribution in [3.63, 3.8) is 0 Å². The molecule has 3 aromatic heterocycles. The Morgan fingerprint density at radius 3 is 2.96 bits per heavy atom. The summed E-state index contributed by atoms with van der Waals surface area (Å²) in [6.07, 6.45) is 2.70. The normalized spacial score (nSPS) is 16.0. The first-order chi connectivity index (χ1) is 12.0. The van der Waals surface area contributed by atoms with E-state index in [0.29, 0.717) is 40.0 Å². The van der Waals surface area contributed by atoms with Crippen LogP contribution in [0.5, 0.6) is 0 Å². The number of hydrogen-bond donors (Lipinski definition) is 1. The lowest BCUT2D eigenvalue weighted by atomic mass is 10.2. The highest BCUT2D eigenvalue weighted by molar-refractivity contribution is 5.82. The molecule has 1 saturated carbocycles. The molecule has 1 aromatic carbocycles. The zero-order chi connectivity index (χ0) is 17.3. The van der Waals surface area contributed by atoms with E-state index >= 15 is 0 Å². The van der Waals surface area contributed by atoms with Crippen LogP contribution in [0.4, 0.5) is 4.39 Å². The van der Waals surface area contributed by atoms with Gasteiger partial charge in [-0.15, -0.1) is 0 Å². The average Bonchev–Trinajstić information content (AvgIpc) is 3.04. The van der Waals surface area contributed by atoms with E-state index in [9.17, 15) is 14.7 Å². The number of aryl methyl sites for hydroxylation is 1. The van der Waals surface area contributed by atoms with Gasteiger partial charge in [0, 0.05) is 13.0 Å². The van der Waals surface area contributed by atoms with E-state index in [4.69, 9.17) is 4.52 Å². The lowest BCUT2D eigenvalue weighted by molar-refractivity contribution is -0.583. The number of nitrogens with zero attached hydrogens (tertiary/aromatic N) is 5. The third-order valence-electron chi connectivity index (χ3n) is 4.60. The molecule has 126 valence electrons. The van der Waals surface area contributed by atoms with Gasteiger partial charge in [-0.1, -0.05) is 5.16 Å². The molecule has 5 rings (SSSR count). The molecular formula is C16H12FN5O3. The van der Waals surface area contributed by atoms with Crippen molar-refractivity contribution >= 4 is 16.6 Å². The molecule has 0 amide bonds. The second-order valence-corrected chi connectivity index (χ2v) is 6.28. The summed E-state index contributed by atoms with van der Waals surface area (Å²) in [5.41, 5.74) is 0.859. The van der Waals surface area contributed by atoms with Gasteiger partial charge in [-0.25, -0.2) is 9.37 Å². The Balaban J connectivity index is 1.79. The highest BCUT2D eigenvalue weighted by Crippen LogP contribution is 2.44. The first kappa shape index (κ1) is 14.3. The summed E-state index contributed by atoms with van der Waals surface area (Å²) >= 11 is 0. The Labute approximate surface area is 139 Å². The highest BCUT2D eigenvalue weighted by atomic mass is 19.1. The Kier molecular flexibility index (Phi) is 2.58. The SMILES string of the molecule is Cc1c2c(-c3nc(C4(O)CC4)no3)ncn2c2ccc(F)cc2[n+]1[O-]. The van der Waals surface area contributed by atoms with Gasteiger partial charge in [0.15, 0.2) is 5.69 Å². The predicted octanol–water partition coefficient (Wildman–Crippen LogP) is 1.60. The van der Waals surface area contributed by atoms with Crippen LogP contribution >= 0.6 is 0 Å². The fourth-order valence-electron chi connectivity index (χ4n) is 3.02. The molecule has 1 aliphatic carbocycles. The summed E-state index contributed by atoms with van der Waals surface area (Å²) in [6.45, 7) is 1.61. The van der Waals surface area contributed by atoms with Gasteiger partial charge in [-0.2, -0.15) is 9.71 Å². The van der Waals surface area contributed by atoms with Gasteiger partial charge in [0.25, 0.3) is 5.89 Å². The van der Waals surface area contributed by atoms with E-state index in [1.54, 1.807) is 11.3 Å². The van der Waals surface area contributed by atoms with Crippen LogP contribution < -0.4 is 4.73 Å². The third-order valence-corrected chi connectivity index (χ3v) is 4.60. The van der Waals surface area contributed by atoms with Crippen molar-refractivity contribution in [2.75, 3.05) is 0 Å². The molecule has 0 spiro atoms. The predicted molar refractivity (Wildman–Crippen MR) is 82.8 cm³/mol. The Morgan fingerprint density at radius 1 is 1.40 bits per heavy atom. The van der Waals surface area contributed by atoms with Crippen LogP contribution in [0.25, 0.3) is 28.1 Å². The van der Waals surface area contributed by atoms with Gasteiger partial charge in [-0.05, 0) is 25.0 Å². The number of fused-ring (bicyclic) bond motifs is 3. The summed E-state index contributed by atoms with van der Waals surface area (Å²) in [4.78, 5) is 8.52. The second kappa shape index (κ2) is 4.51. The molecule has 0 bridgehead atoms. The smallest absolute Gasteiger partial charge is 0.279 e. The maximum atomic E-state index is 13.5. The first-order valence-electron chi connectivity index (χ1n) is 7.73. The molecule has 3 heterocycles. The summed E-state index contributed by atoms with van der Waals surface area (Å²) in [5, 5.41) is 26.5. The summed E-state index contributed by atoms with van der Waals surface area (Å²) in [5.74, 6) is -0.142. The number of imidazole rings is 1. The van der Waals surface area contributed by atoms with Crippen LogP contribution in [-0.2, 0) is 5.60 Å². The van der Waals surface area contributed by atoms with Crippen molar-refractivity contribution in [3.8, 4) is 11.6 Å². The van der Waals surface area contributed by atoms with Gasteiger partial charge in [-0.3, -0.25) is 4.40 Å². The van der Waals surface area contributed by atoms with Crippen LogP contribution in [-0.4, -0.2) is 24.6 Å². The van der Waals surface area contributed by atoms with Crippen molar-refractivity contribution in [2.45, 2.75) is 25.4 Å². The Hall–Kier alpha value is -3.07. The van der Waals surface area contributed by atoms with E-state index in [-0.39, 0.29) is 17.2 Å². The van der Waals surface area contributed by atoms with E-state index in [1.807, 2.05) is 0 Å². The van der Waals surface area contributed by atoms with Gasteiger partial charge in [0.05, 0.1) is 0 Å². The summed E-state index contributed by atoms with van der Waals surface area (Å²) < 4.78 is 21.1. The maximum Gasteiger partial charge on any atom is 0.279 e. The van der Waals surface area contributed by atoms with Crippen molar-refractivity contribution in [1.82, 2.24) is 19.5 Å². The number of aliphatic hydroxyl groups is 1. The molecule has 4 aromatic rings. The van der Waals surface area contributed by atoms with Crippen molar-refractivity contribution in [2.24, 2.45) is 0 Å². The van der Waals surface area contributed by atoms with Crippen LogP contribution in [0, 0.1) is 17.9 Å². The van der Waals surface area contributed by atoms with Crippen LogP contribution in [0.1, 0.15) is 24.4 Å². The van der Waals surface area contributed by atoms with Gasteiger partial charge >= 0.3 is 0 Å². The lowest BCUT2D eigenvalue weighted by Gasteiger charge is -2.08. The molecule has 0 unspecified atom stereocenters. The topological polar surface area (TPSA) is 103 Å². The zero-order valence-electron chi connectivity index (χ0n) is 13.1. The number of halogens is 1. The van der Waals surface area contributed by atoms with E-state index < -0.39 is 11.4 Å². The molecule has 0 radical (unpaired) electrons. The number of hydrogen-bond acceptors (Lipinski definition) is 6. The fourth-order valence-corrected chi connectivity index (χ4v) is 3.02. The standard InChI is InChI=1S/C16H12FN5O3/c1-8-13-12(14-19-15(20-25-14)16(23)4-5-16)18-7-21(13)10-3-2-9(17)6-11(10)22(8)24/h2-3,6-7,23H,4-5H2,1H3. The average molecular weight is 341 g/mol. The monoisotopic (exact) mass is 341 g/mol.